The Labute approximate surface area is 167 Å². The largest absolute Gasteiger partial charge is 0.359 e. The topological polar surface area (TPSA) is 79.2 Å². The summed E-state index contributed by atoms with van der Waals surface area (Å²) in [5.41, 5.74) is 1.78. The first-order chi connectivity index (χ1) is 13.6. The molecule has 0 aliphatic heterocycles. The van der Waals surface area contributed by atoms with E-state index in [2.05, 4.69) is 4.98 Å². The number of nitro benzene ring substituents is 1. The number of halogens is 1. The van der Waals surface area contributed by atoms with E-state index in [0.717, 1.165) is 42.3 Å². The van der Waals surface area contributed by atoms with E-state index in [0.29, 0.717) is 0 Å². The summed E-state index contributed by atoms with van der Waals surface area (Å²) < 4.78 is 0. The lowest BCUT2D eigenvalue weighted by Crippen LogP contribution is -2.41. The molecule has 3 aromatic rings. The van der Waals surface area contributed by atoms with Crippen molar-refractivity contribution in [3.63, 3.8) is 0 Å². The van der Waals surface area contributed by atoms with Gasteiger partial charge >= 0.3 is 0 Å². The highest BCUT2D eigenvalue weighted by Gasteiger charge is 2.30. The molecular weight excluding hydrogens is 378 g/mol. The molecule has 0 saturated heterocycles. The average Bonchev–Trinajstić information content (AvgIpc) is 3.13. The van der Waals surface area contributed by atoms with Gasteiger partial charge in [-0.3, -0.25) is 14.9 Å². The predicted molar refractivity (Wildman–Crippen MR) is 110 cm³/mol. The fourth-order valence-corrected chi connectivity index (χ4v) is 4.18. The first kappa shape index (κ1) is 18.5. The van der Waals surface area contributed by atoms with Gasteiger partial charge in [0.1, 0.15) is 5.02 Å². The summed E-state index contributed by atoms with van der Waals surface area (Å²) in [4.78, 5) is 29.3. The molecule has 0 radical (unpaired) electrons. The summed E-state index contributed by atoms with van der Waals surface area (Å²) in [6, 6.07) is 12.1. The Morgan fingerprint density at radius 2 is 1.89 bits per heavy atom. The van der Waals surface area contributed by atoms with Gasteiger partial charge in [-0.15, -0.1) is 0 Å². The number of amides is 1. The Bertz CT molecular complexity index is 1040. The third-order valence-corrected chi connectivity index (χ3v) is 5.69. The maximum Gasteiger partial charge on any atom is 0.288 e. The van der Waals surface area contributed by atoms with E-state index in [-0.39, 0.29) is 28.2 Å². The van der Waals surface area contributed by atoms with Crippen LogP contribution in [0.25, 0.3) is 10.9 Å². The zero-order chi connectivity index (χ0) is 19.7. The molecule has 1 aliphatic carbocycles. The number of nitrogens with zero attached hydrogens (tertiary/aromatic N) is 2. The number of aromatic amines is 1. The van der Waals surface area contributed by atoms with Crippen LogP contribution in [0, 0.1) is 10.1 Å². The number of nitro groups is 1. The second kappa shape index (κ2) is 7.64. The quantitative estimate of drug-likeness (QED) is 0.452. The second-order valence-corrected chi connectivity index (χ2v) is 7.52. The van der Waals surface area contributed by atoms with E-state index < -0.39 is 4.92 Å². The van der Waals surface area contributed by atoms with Crippen LogP contribution >= 0.6 is 11.6 Å². The molecule has 28 heavy (non-hydrogen) atoms. The Morgan fingerprint density at radius 1 is 1.14 bits per heavy atom. The van der Waals surface area contributed by atoms with Crippen molar-refractivity contribution in [1.82, 2.24) is 4.98 Å². The van der Waals surface area contributed by atoms with E-state index in [4.69, 9.17) is 11.6 Å². The number of carbonyl (C=O) groups excluding carboxylic acids is 1. The van der Waals surface area contributed by atoms with Crippen molar-refractivity contribution in [3.05, 3.63) is 69.4 Å². The Morgan fingerprint density at radius 3 is 2.64 bits per heavy atom. The smallest absolute Gasteiger partial charge is 0.288 e. The van der Waals surface area contributed by atoms with Gasteiger partial charge in [0.2, 0.25) is 0 Å². The van der Waals surface area contributed by atoms with Gasteiger partial charge in [-0.1, -0.05) is 49.1 Å². The number of nitrogens with one attached hydrogen (secondary N) is 1. The molecule has 1 saturated carbocycles. The van der Waals surface area contributed by atoms with E-state index in [1.165, 1.54) is 18.6 Å². The average molecular weight is 398 g/mol. The summed E-state index contributed by atoms with van der Waals surface area (Å²) in [5.74, 6) is -0.239. The van der Waals surface area contributed by atoms with Crippen molar-refractivity contribution in [1.29, 1.82) is 0 Å². The molecule has 0 atom stereocenters. The number of para-hydroxylation sites is 1. The fraction of sp³-hybridized carbons (Fsp3) is 0.286. The molecule has 0 unspecified atom stereocenters. The first-order valence-electron chi connectivity index (χ1n) is 9.40. The van der Waals surface area contributed by atoms with Gasteiger partial charge in [-0.05, 0) is 31.0 Å². The molecule has 1 heterocycles. The highest BCUT2D eigenvalue weighted by atomic mass is 35.5. The van der Waals surface area contributed by atoms with E-state index in [1.54, 1.807) is 6.07 Å². The van der Waals surface area contributed by atoms with Crippen LogP contribution in [-0.4, -0.2) is 21.9 Å². The Hall–Kier alpha value is -2.86. The minimum absolute atomic E-state index is 0.0258. The normalized spacial score (nSPS) is 14.9. The van der Waals surface area contributed by atoms with Gasteiger partial charge in [0.15, 0.2) is 0 Å². The minimum Gasteiger partial charge on any atom is -0.359 e. The van der Waals surface area contributed by atoms with Crippen molar-refractivity contribution in [2.24, 2.45) is 0 Å². The van der Waals surface area contributed by atoms with Crippen LogP contribution in [0.4, 0.5) is 11.4 Å². The fourth-order valence-electron chi connectivity index (χ4n) is 3.99. The SMILES string of the molecule is O=C(c1ccc(Cl)c([N+](=O)[O-])c1)N(c1c[nH]c2ccccc12)C1CCCCC1. The lowest BCUT2D eigenvalue weighted by atomic mass is 9.93. The summed E-state index contributed by atoms with van der Waals surface area (Å²) >= 11 is 5.93. The molecule has 144 valence electrons. The van der Waals surface area contributed by atoms with E-state index >= 15 is 0 Å². The van der Waals surface area contributed by atoms with Gasteiger partial charge in [0.25, 0.3) is 11.6 Å². The highest BCUT2D eigenvalue weighted by molar-refractivity contribution is 6.32. The molecule has 7 heteroatoms. The molecule has 2 aromatic carbocycles. The number of hydrogen-bond acceptors (Lipinski definition) is 3. The zero-order valence-electron chi connectivity index (χ0n) is 15.2. The lowest BCUT2D eigenvalue weighted by Gasteiger charge is -2.34. The maximum absolute atomic E-state index is 13.5. The third kappa shape index (κ3) is 3.36. The Balaban J connectivity index is 1.80. The minimum atomic E-state index is -0.560. The molecular formula is C21H20ClN3O3. The van der Waals surface area contributed by atoms with Gasteiger partial charge in [0.05, 0.1) is 10.6 Å². The molecule has 6 nitrogen and oxygen atoms in total. The van der Waals surface area contributed by atoms with E-state index in [9.17, 15) is 14.9 Å². The van der Waals surface area contributed by atoms with Crippen molar-refractivity contribution >= 4 is 39.8 Å². The molecule has 1 fully saturated rings. The van der Waals surface area contributed by atoms with Crippen molar-refractivity contribution in [2.45, 2.75) is 38.1 Å². The van der Waals surface area contributed by atoms with Crippen LogP contribution in [0.2, 0.25) is 5.02 Å². The number of carbonyl (C=O) groups is 1. The number of H-pyrrole nitrogens is 1. The van der Waals surface area contributed by atoms with Gasteiger partial charge in [-0.2, -0.15) is 0 Å². The summed E-state index contributed by atoms with van der Waals surface area (Å²) in [6.07, 6.45) is 6.98. The van der Waals surface area contributed by atoms with Crippen LogP contribution in [0.3, 0.4) is 0 Å². The molecule has 1 aliphatic rings. The number of fused-ring (bicyclic) bond motifs is 1. The van der Waals surface area contributed by atoms with E-state index in [1.807, 2.05) is 35.4 Å². The molecule has 1 N–H and O–H groups in total. The number of aromatic nitrogens is 1. The monoisotopic (exact) mass is 397 g/mol. The second-order valence-electron chi connectivity index (χ2n) is 7.11. The van der Waals surface area contributed by atoms with Crippen LogP contribution < -0.4 is 4.90 Å². The van der Waals surface area contributed by atoms with Gasteiger partial charge in [-0.25, -0.2) is 0 Å². The number of anilines is 1. The first-order valence-corrected chi connectivity index (χ1v) is 9.77. The van der Waals surface area contributed by atoms with Crippen LogP contribution in [0.1, 0.15) is 42.5 Å². The summed E-state index contributed by atoms with van der Waals surface area (Å²) in [6.45, 7) is 0. The molecule has 0 bridgehead atoms. The predicted octanol–water partition coefficient (Wildman–Crippen LogP) is 5.71. The number of hydrogen-bond donors (Lipinski definition) is 1. The zero-order valence-corrected chi connectivity index (χ0v) is 16.0. The summed E-state index contributed by atoms with van der Waals surface area (Å²) in [5, 5.41) is 12.3. The summed E-state index contributed by atoms with van der Waals surface area (Å²) in [7, 11) is 0. The number of rotatable bonds is 4. The number of benzene rings is 2. The molecule has 1 aromatic heterocycles. The Kier molecular flexibility index (Phi) is 5.05. The molecule has 0 spiro atoms. The van der Waals surface area contributed by atoms with Crippen LogP contribution in [0.15, 0.2) is 48.7 Å². The third-order valence-electron chi connectivity index (χ3n) is 5.38. The highest BCUT2D eigenvalue weighted by Crippen LogP contribution is 2.35. The molecule has 4 rings (SSSR count). The molecule has 1 amide bonds. The maximum atomic E-state index is 13.5. The van der Waals surface area contributed by atoms with Gasteiger partial charge in [0, 0.05) is 34.8 Å². The van der Waals surface area contributed by atoms with Gasteiger partial charge < -0.3 is 9.88 Å². The van der Waals surface area contributed by atoms with Crippen LogP contribution in [-0.2, 0) is 0 Å². The van der Waals surface area contributed by atoms with Crippen molar-refractivity contribution in [2.75, 3.05) is 4.90 Å². The van der Waals surface area contributed by atoms with Crippen LogP contribution in [0.5, 0.6) is 0 Å². The van der Waals surface area contributed by atoms with Crippen molar-refractivity contribution < 1.29 is 9.72 Å². The van der Waals surface area contributed by atoms with Crippen molar-refractivity contribution in [3.8, 4) is 0 Å². The lowest BCUT2D eigenvalue weighted by molar-refractivity contribution is -0.384. The standard InChI is InChI=1S/C21H20ClN3O3/c22-17-11-10-14(12-19(17)25(27)28)21(26)24(15-6-2-1-3-7-15)20-13-23-18-9-5-4-8-16(18)20/h4-5,8-13,15,23H,1-3,6-7H2.